The summed E-state index contributed by atoms with van der Waals surface area (Å²) in [6, 6.07) is 3.12. The van der Waals surface area contributed by atoms with E-state index in [9.17, 15) is 14.7 Å². The van der Waals surface area contributed by atoms with Gasteiger partial charge in [-0.05, 0) is 52.3 Å². The summed E-state index contributed by atoms with van der Waals surface area (Å²) in [7, 11) is -2.13. The maximum atomic E-state index is 12.2. The molecule has 148 valence electrons. The van der Waals surface area contributed by atoms with Gasteiger partial charge in [-0.25, -0.2) is 9.59 Å². The third-order valence-corrected chi connectivity index (χ3v) is 9.86. The minimum atomic E-state index is -2.13. The predicted molar refractivity (Wildman–Crippen MR) is 108 cm³/mol. The highest BCUT2D eigenvalue weighted by Crippen LogP contribution is 2.42. The van der Waals surface area contributed by atoms with Crippen molar-refractivity contribution in [3.8, 4) is 11.5 Å². The number of cyclic esters (lactones) is 2. The number of phenolic OH excluding ortho intramolecular Hbond substituents is 1. The molecule has 0 saturated carbocycles. The summed E-state index contributed by atoms with van der Waals surface area (Å²) in [6.45, 7) is 13.5. The minimum Gasteiger partial charge on any atom is -0.543 e. The molecule has 1 aliphatic rings. The number of carbonyl (C=O) groups excluding carboxylic acids is 2. The number of ether oxygens (including phenoxy) is 2. The number of carbonyl (C=O) groups is 2. The molecule has 2 rings (SSSR count). The Balaban J connectivity index is 2.47. The first kappa shape index (κ1) is 21.5. The third kappa shape index (κ3) is 4.55. The Bertz CT molecular complexity index is 798. The molecule has 1 fully saturated rings. The van der Waals surface area contributed by atoms with Crippen LogP contribution in [0.2, 0.25) is 18.1 Å². The number of hydrogen-bond acceptors (Lipinski definition) is 6. The molecule has 0 spiro atoms. The summed E-state index contributed by atoms with van der Waals surface area (Å²) in [5, 5.41) is 10.2. The lowest BCUT2D eigenvalue weighted by atomic mass is 10.1. The minimum absolute atomic E-state index is 0.0223. The van der Waals surface area contributed by atoms with E-state index in [1.807, 2.05) is 0 Å². The van der Waals surface area contributed by atoms with Crippen molar-refractivity contribution in [1.29, 1.82) is 0 Å². The first-order chi connectivity index (χ1) is 12.1. The Morgan fingerprint density at radius 1 is 1.15 bits per heavy atom. The molecule has 1 saturated heterocycles. The highest BCUT2D eigenvalue weighted by molar-refractivity contribution is 9.10. The van der Waals surface area contributed by atoms with Crippen LogP contribution in [-0.4, -0.2) is 31.1 Å². The number of hydrogen-bond donors (Lipinski definition) is 1. The second-order valence-electron chi connectivity index (χ2n) is 8.41. The van der Waals surface area contributed by atoms with Gasteiger partial charge in [0.1, 0.15) is 17.1 Å². The maximum Gasteiger partial charge on any atom is 0.348 e. The molecular weight excluding hydrogens is 432 g/mol. The topological polar surface area (TPSA) is 82.1 Å². The molecule has 0 bridgehead atoms. The van der Waals surface area contributed by atoms with E-state index >= 15 is 0 Å². The molecule has 27 heavy (non-hydrogen) atoms. The molecule has 0 aliphatic carbocycles. The average molecular weight is 457 g/mol. The maximum absolute atomic E-state index is 12.2. The van der Waals surface area contributed by atoms with Crippen LogP contribution in [0.5, 0.6) is 11.5 Å². The van der Waals surface area contributed by atoms with Gasteiger partial charge in [0.05, 0.1) is 4.47 Å². The van der Waals surface area contributed by atoms with Crippen molar-refractivity contribution in [2.75, 3.05) is 0 Å². The molecule has 0 aromatic heterocycles. The van der Waals surface area contributed by atoms with Crippen LogP contribution >= 0.6 is 15.9 Å². The fourth-order valence-electron chi connectivity index (χ4n) is 2.13. The van der Waals surface area contributed by atoms with Crippen molar-refractivity contribution >= 4 is 42.3 Å². The van der Waals surface area contributed by atoms with Gasteiger partial charge in [0.15, 0.2) is 0 Å². The highest BCUT2D eigenvalue weighted by Gasteiger charge is 2.41. The number of phenols is 1. The predicted octanol–water partition coefficient (Wildman–Crippen LogP) is 4.76. The molecule has 1 aromatic rings. The molecule has 8 heteroatoms. The van der Waals surface area contributed by atoms with Crippen LogP contribution in [0, 0.1) is 0 Å². The van der Waals surface area contributed by atoms with E-state index in [2.05, 4.69) is 49.8 Å². The van der Waals surface area contributed by atoms with E-state index in [-0.39, 0.29) is 21.9 Å². The third-order valence-electron chi connectivity index (χ3n) is 4.70. The number of rotatable bonds is 3. The monoisotopic (exact) mass is 456 g/mol. The van der Waals surface area contributed by atoms with Gasteiger partial charge in [0.25, 0.3) is 14.1 Å². The van der Waals surface area contributed by atoms with Crippen molar-refractivity contribution < 1.29 is 28.6 Å². The molecule has 0 amide bonds. The Morgan fingerprint density at radius 2 is 1.67 bits per heavy atom. The molecule has 0 radical (unpaired) electrons. The Morgan fingerprint density at radius 3 is 2.15 bits per heavy atom. The summed E-state index contributed by atoms with van der Waals surface area (Å²) in [4.78, 5) is 24.4. The van der Waals surface area contributed by atoms with Crippen molar-refractivity contribution in [2.24, 2.45) is 0 Å². The van der Waals surface area contributed by atoms with Crippen molar-refractivity contribution in [1.82, 2.24) is 0 Å². The van der Waals surface area contributed by atoms with E-state index in [4.69, 9.17) is 13.9 Å². The van der Waals surface area contributed by atoms with Crippen molar-refractivity contribution in [3.05, 3.63) is 27.7 Å². The fraction of sp³-hybridized carbons (Fsp3) is 0.474. The van der Waals surface area contributed by atoms with Crippen molar-refractivity contribution in [2.45, 2.75) is 58.5 Å². The van der Waals surface area contributed by atoms with Gasteiger partial charge in [-0.15, -0.1) is 0 Å². The lowest BCUT2D eigenvalue weighted by molar-refractivity contribution is -0.222. The quantitative estimate of drug-likeness (QED) is 0.305. The lowest BCUT2D eigenvalue weighted by Crippen LogP contribution is -2.44. The van der Waals surface area contributed by atoms with Crippen LogP contribution in [0.4, 0.5) is 0 Å². The molecule has 1 aromatic carbocycles. The normalized spacial score (nSPS) is 17.3. The summed E-state index contributed by atoms with van der Waals surface area (Å²) in [5.41, 5.74) is -0.0513. The molecule has 1 aliphatic heterocycles. The first-order valence-corrected chi connectivity index (χ1v) is 12.2. The molecule has 0 unspecified atom stereocenters. The van der Waals surface area contributed by atoms with E-state index < -0.39 is 26.0 Å². The molecule has 0 atom stereocenters. The Hall–Kier alpha value is -1.80. The van der Waals surface area contributed by atoms with Gasteiger partial charge in [-0.2, -0.15) is 0 Å². The summed E-state index contributed by atoms with van der Waals surface area (Å²) >= 11 is 3.43. The van der Waals surface area contributed by atoms with Gasteiger partial charge < -0.3 is 19.0 Å². The Kier molecular flexibility index (Phi) is 5.56. The number of esters is 2. The largest absolute Gasteiger partial charge is 0.543 e. The SMILES string of the molecule is CC1(C)OC(=O)C(=Cc2c(O)ccc(O[Si](C)(C)C(C)(C)C)c2Br)C(=O)O1. The molecule has 1 N–H and O–H groups in total. The van der Waals surface area contributed by atoms with E-state index in [0.717, 1.165) is 0 Å². The summed E-state index contributed by atoms with van der Waals surface area (Å²) in [5.74, 6) is -2.51. The summed E-state index contributed by atoms with van der Waals surface area (Å²) < 4.78 is 16.9. The van der Waals surface area contributed by atoms with Gasteiger partial charge in [0.2, 0.25) is 0 Å². The number of aromatic hydroxyl groups is 1. The van der Waals surface area contributed by atoms with Crippen LogP contribution in [-0.2, 0) is 19.1 Å². The zero-order valence-electron chi connectivity index (χ0n) is 16.6. The first-order valence-electron chi connectivity index (χ1n) is 8.53. The molecule has 1 heterocycles. The second kappa shape index (κ2) is 6.98. The van der Waals surface area contributed by atoms with Gasteiger partial charge in [-0.1, -0.05) is 20.8 Å². The molecular formula is C19H25BrO6Si. The fourth-order valence-corrected chi connectivity index (χ4v) is 3.84. The standard InChI is InChI=1S/C19H25BrO6Si/c1-18(2,3)27(6,7)26-14-9-8-13(21)11(15(14)20)10-12-16(22)24-19(4,5)25-17(12)23/h8-10,21H,1-7H3. The zero-order chi connectivity index (χ0) is 20.8. The number of halogens is 1. The van der Waals surface area contributed by atoms with Gasteiger partial charge in [-0.3, -0.25) is 0 Å². The van der Waals surface area contributed by atoms with Crippen LogP contribution < -0.4 is 4.43 Å². The second-order valence-corrected chi connectivity index (χ2v) is 13.9. The van der Waals surface area contributed by atoms with Crippen LogP contribution in [0.1, 0.15) is 40.2 Å². The van der Waals surface area contributed by atoms with E-state index in [1.165, 1.54) is 26.0 Å². The van der Waals surface area contributed by atoms with Gasteiger partial charge >= 0.3 is 11.9 Å². The van der Waals surface area contributed by atoms with Crippen LogP contribution in [0.3, 0.4) is 0 Å². The highest BCUT2D eigenvalue weighted by atomic mass is 79.9. The summed E-state index contributed by atoms with van der Waals surface area (Å²) in [6.07, 6.45) is 1.25. The van der Waals surface area contributed by atoms with E-state index in [0.29, 0.717) is 10.2 Å². The zero-order valence-corrected chi connectivity index (χ0v) is 19.2. The Labute approximate surface area is 168 Å². The van der Waals surface area contributed by atoms with Gasteiger partial charge in [0, 0.05) is 19.4 Å². The lowest BCUT2D eigenvalue weighted by Gasteiger charge is -2.37. The smallest absolute Gasteiger partial charge is 0.348 e. The van der Waals surface area contributed by atoms with Crippen LogP contribution in [0.15, 0.2) is 22.2 Å². The van der Waals surface area contributed by atoms with Crippen LogP contribution in [0.25, 0.3) is 6.08 Å². The number of benzene rings is 1. The average Bonchev–Trinajstić information content (AvgIpc) is 2.46. The van der Waals surface area contributed by atoms with Crippen molar-refractivity contribution in [3.63, 3.8) is 0 Å². The van der Waals surface area contributed by atoms with E-state index in [1.54, 1.807) is 6.07 Å². The molecule has 6 nitrogen and oxygen atoms in total.